The van der Waals surface area contributed by atoms with Gasteiger partial charge in [0.2, 0.25) is 5.91 Å². The van der Waals surface area contributed by atoms with Crippen molar-refractivity contribution in [3.05, 3.63) is 0 Å². The first-order valence-electron chi connectivity index (χ1n) is 3.12. The van der Waals surface area contributed by atoms with Crippen molar-refractivity contribution < 1.29 is 4.79 Å². The number of carbonyl (C=O) groups is 1. The quantitative estimate of drug-likeness (QED) is 0.552. The summed E-state index contributed by atoms with van der Waals surface area (Å²) in [5.74, 6) is -0.895. The number of amides is 1. The molecule has 1 saturated carbocycles. The van der Waals surface area contributed by atoms with Crippen molar-refractivity contribution in [2.24, 2.45) is 16.6 Å². The van der Waals surface area contributed by atoms with Gasteiger partial charge >= 0.3 is 0 Å². The average Bonchev–Trinajstić information content (AvgIpc) is 2.75. The summed E-state index contributed by atoms with van der Waals surface area (Å²) in [5.41, 5.74) is 1.83. The molecule has 0 heterocycles. The highest BCUT2D eigenvalue weighted by molar-refractivity contribution is 5.90. The third kappa shape index (κ3) is 0.568. The second-order valence-corrected chi connectivity index (χ2v) is 2.69. The van der Waals surface area contributed by atoms with Gasteiger partial charge in [-0.15, -0.1) is 0 Å². The summed E-state index contributed by atoms with van der Waals surface area (Å²) >= 11 is 0. The third-order valence-electron chi connectivity index (χ3n) is 2.13. The molecule has 0 aromatic heterocycles. The third-order valence-corrected chi connectivity index (χ3v) is 2.13. The van der Waals surface area contributed by atoms with Crippen molar-refractivity contribution >= 4 is 5.91 Å². The van der Waals surface area contributed by atoms with E-state index in [0.717, 1.165) is 0 Å². The summed E-state index contributed by atoms with van der Waals surface area (Å²) in [6.45, 7) is 0. The molecule has 1 rings (SSSR count). The Morgan fingerprint density at radius 3 is 1.83 bits per heavy atom. The van der Waals surface area contributed by atoms with Crippen LogP contribution in [0.1, 0.15) is 6.42 Å². The van der Waals surface area contributed by atoms with Crippen LogP contribution in [0, 0.1) is 44.8 Å². The fourth-order valence-corrected chi connectivity index (χ4v) is 1.14. The Kier molecular flexibility index (Phi) is 1.32. The van der Waals surface area contributed by atoms with Gasteiger partial charge in [0.1, 0.15) is 0 Å². The van der Waals surface area contributed by atoms with E-state index in [1.807, 2.05) is 0 Å². The van der Waals surface area contributed by atoms with Gasteiger partial charge in [-0.05, 0) is 0 Å². The monoisotopic (exact) mass is 160 g/mol. The molecule has 1 aliphatic carbocycles. The molecule has 0 aliphatic heterocycles. The standard InChI is InChI=1S/C7H4N4O/c8-2-6(3-9)1-7(6,4-10)5(11)12/h1H2,(H2,11,12). The molecule has 0 aromatic rings. The van der Waals surface area contributed by atoms with Gasteiger partial charge in [-0.1, -0.05) is 0 Å². The zero-order chi connectivity index (χ0) is 9.41. The molecule has 5 heteroatoms. The van der Waals surface area contributed by atoms with E-state index in [0.29, 0.717) is 0 Å². The van der Waals surface area contributed by atoms with E-state index in [1.54, 1.807) is 18.2 Å². The molecule has 1 unspecified atom stereocenters. The lowest BCUT2D eigenvalue weighted by Crippen LogP contribution is -2.28. The molecule has 0 spiro atoms. The molecule has 1 aliphatic rings. The van der Waals surface area contributed by atoms with Crippen molar-refractivity contribution in [3.63, 3.8) is 0 Å². The molecule has 0 saturated heterocycles. The average molecular weight is 160 g/mol. The lowest BCUT2D eigenvalue weighted by molar-refractivity contribution is -0.121. The number of hydrogen-bond donors (Lipinski definition) is 1. The number of rotatable bonds is 1. The molecule has 0 bridgehead atoms. The van der Waals surface area contributed by atoms with E-state index in [1.165, 1.54) is 0 Å². The van der Waals surface area contributed by atoms with E-state index >= 15 is 0 Å². The number of carbonyl (C=O) groups excluding carboxylic acids is 1. The van der Waals surface area contributed by atoms with Crippen LogP contribution < -0.4 is 5.73 Å². The maximum atomic E-state index is 10.7. The number of nitrogens with two attached hydrogens (primary N) is 1. The smallest absolute Gasteiger partial charge is 0.240 e. The van der Waals surface area contributed by atoms with Gasteiger partial charge in [0.25, 0.3) is 0 Å². The molecular formula is C7H4N4O. The minimum atomic E-state index is -1.57. The second-order valence-electron chi connectivity index (χ2n) is 2.69. The summed E-state index contributed by atoms with van der Waals surface area (Å²) in [7, 11) is 0. The summed E-state index contributed by atoms with van der Waals surface area (Å²) < 4.78 is 0. The number of hydrogen-bond acceptors (Lipinski definition) is 4. The van der Waals surface area contributed by atoms with Crippen LogP contribution in [0.4, 0.5) is 0 Å². The number of nitrogens with zero attached hydrogens (tertiary/aromatic N) is 3. The van der Waals surface area contributed by atoms with Crippen molar-refractivity contribution in [2.45, 2.75) is 6.42 Å². The Bertz CT molecular complexity index is 352. The molecule has 1 fully saturated rings. The molecule has 12 heavy (non-hydrogen) atoms. The van der Waals surface area contributed by atoms with Gasteiger partial charge < -0.3 is 5.73 Å². The molecule has 1 amide bonds. The van der Waals surface area contributed by atoms with Gasteiger partial charge in [-0.2, -0.15) is 15.8 Å². The van der Waals surface area contributed by atoms with Gasteiger partial charge in [0.15, 0.2) is 10.8 Å². The van der Waals surface area contributed by atoms with Crippen LogP contribution in [0.5, 0.6) is 0 Å². The van der Waals surface area contributed by atoms with Crippen molar-refractivity contribution in [3.8, 4) is 18.2 Å². The summed E-state index contributed by atoms with van der Waals surface area (Å²) in [6, 6.07) is 4.91. The van der Waals surface area contributed by atoms with Gasteiger partial charge in [0.05, 0.1) is 18.2 Å². The molecule has 58 valence electrons. The Hall–Kier alpha value is -2.06. The highest BCUT2D eigenvalue weighted by atomic mass is 16.1. The lowest BCUT2D eigenvalue weighted by Gasteiger charge is -2.00. The SMILES string of the molecule is N#CC1(C#N)CC1(C#N)C(N)=O. The van der Waals surface area contributed by atoms with Crippen LogP contribution in [0.15, 0.2) is 0 Å². The van der Waals surface area contributed by atoms with E-state index < -0.39 is 16.7 Å². The number of primary amides is 1. The fraction of sp³-hybridized carbons (Fsp3) is 0.429. The Labute approximate surface area is 68.6 Å². The molecule has 1 atom stereocenters. The van der Waals surface area contributed by atoms with Gasteiger partial charge in [-0.3, -0.25) is 4.79 Å². The first kappa shape index (κ1) is 8.04. The minimum Gasteiger partial charge on any atom is -0.368 e. The van der Waals surface area contributed by atoms with Crippen LogP contribution in [-0.2, 0) is 4.79 Å². The topological polar surface area (TPSA) is 114 Å². The van der Waals surface area contributed by atoms with E-state index in [9.17, 15) is 4.79 Å². The summed E-state index contributed by atoms with van der Waals surface area (Å²) in [6.07, 6.45) is -0.0706. The largest absolute Gasteiger partial charge is 0.368 e. The maximum absolute atomic E-state index is 10.7. The zero-order valence-electron chi connectivity index (χ0n) is 6.03. The molecule has 0 aromatic carbocycles. The lowest BCUT2D eigenvalue weighted by atomic mass is 9.96. The fourth-order valence-electron chi connectivity index (χ4n) is 1.14. The van der Waals surface area contributed by atoms with E-state index in [4.69, 9.17) is 21.5 Å². The van der Waals surface area contributed by atoms with Gasteiger partial charge in [-0.25, -0.2) is 0 Å². The van der Waals surface area contributed by atoms with Crippen LogP contribution in [0.3, 0.4) is 0 Å². The molecular weight excluding hydrogens is 156 g/mol. The molecule has 2 N–H and O–H groups in total. The van der Waals surface area contributed by atoms with Crippen molar-refractivity contribution in [1.29, 1.82) is 15.8 Å². The summed E-state index contributed by atoms with van der Waals surface area (Å²) in [5, 5.41) is 25.7. The van der Waals surface area contributed by atoms with E-state index in [2.05, 4.69) is 0 Å². The molecule has 5 nitrogen and oxygen atoms in total. The Morgan fingerprint density at radius 1 is 1.25 bits per heavy atom. The van der Waals surface area contributed by atoms with Crippen LogP contribution in [0.25, 0.3) is 0 Å². The Morgan fingerprint density at radius 2 is 1.75 bits per heavy atom. The van der Waals surface area contributed by atoms with Crippen LogP contribution in [-0.4, -0.2) is 5.91 Å². The van der Waals surface area contributed by atoms with E-state index in [-0.39, 0.29) is 6.42 Å². The first-order valence-corrected chi connectivity index (χ1v) is 3.12. The van der Waals surface area contributed by atoms with Crippen molar-refractivity contribution in [1.82, 2.24) is 0 Å². The predicted octanol–water partition coefficient (Wildman–Crippen LogP) is -0.581. The zero-order valence-corrected chi connectivity index (χ0v) is 6.03. The van der Waals surface area contributed by atoms with Gasteiger partial charge in [0, 0.05) is 6.42 Å². The highest BCUT2D eigenvalue weighted by Gasteiger charge is 2.75. The molecule has 0 radical (unpaired) electrons. The maximum Gasteiger partial charge on any atom is 0.240 e. The van der Waals surface area contributed by atoms with Crippen LogP contribution in [0.2, 0.25) is 0 Å². The van der Waals surface area contributed by atoms with Crippen LogP contribution >= 0.6 is 0 Å². The Balaban J connectivity index is 3.15. The normalized spacial score (nSPS) is 29.1. The summed E-state index contributed by atoms with van der Waals surface area (Å²) in [4.78, 5) is 10.7. The minimum absolute atomic E-state index is 0.0706. The second kappa shape index (κ2) is 1.96. The highest BCUT2D eigenvalue weighted by Crippen LogP contribution is 2.62. The number of nitriles is 3. The van der Waals surface area contributed by atoms with Crippen molar-refractivity contribution in [2.75, 3.05) is 0 Å². The predicted molar refractivity (Wildman–Crippen MR) is 35.5 cm³/mol. The first-order chi connectivity index (χ1) is 5.58.